The summed E-state index contributed by atoms with van der Waals surface area (Å²) in [6.45, 7) is 3.18. The molecule has 3 unspecified atom stereocenters. The predicted octanol–water partition coefficient (Wildman–Crippen LogP) is 1.35. The fourth-order valence-electron chi connectivity index (χ4n) is 3.65. The number of hydrogen-bond donors (Lipinski definition) is 2. The van der Waals surface area contributed by atoms with Crippen molar-refractivity contribution in [2.75, 3.05) is 33.3 Å². The molecule has 3 atom stereocenters. The van der Waals surface area contributed by atoms with Gasteiger partial charge in [0.25, 0.3) is 0 Å². The fourth-order valence-corrected chi connectivity index (χ4v) is 3.65. The van der Waals surface area contributed by atoms with Crippen LogP contribution >= 0.6 is 0 Å². The van der Waals surface area contributed by atoms with Gasteiger partial charge in [-0.15, -0.1) is 0 Å². The molecule has 0 spiro atoms. The number of hydrogen-bond acceptors (Lipinski definition) is 4. The van der Waals surface area contributed by atoms with Crippen molar-refractivity contribution in [3.63, 3.8) is 0 Å². The van der Waals surface area contributed by atoms with E-state index in [0.29, 0.717) is 12.2 Å². The van der Waals surface area contributed by atoms with Gasteiger partial charge in [0.2, 0.25) is 0 Å². The van der Waals surface area contributed by atoms with Gasteiger partial charge in [-0.1, -0.05) is 30.3 Å². The number of fused-ring (bicyclic) bond motifs is 2. The van der Waals surface area contributed by atoms with Gasteiger partial charge in [-0.3, -0.25) is 4.90 Å². The third kappa shape index (κ3) is 3.14. The fraction of sp³-hybridized carbons (Fsp3) is 0.647. The van der Waals surface area contributed by atoms with Crippen LogP contribution < -0.4 is 5.32 Å². The van der Waals surface area contributed by atoms with E-state index in [1.54, 1.807) is 0 Å². The van der Waals surface area contributed by atoms with Crippen molar-refractivity contribution < 1.29 is 9.84 Å². The molecule has 2 aliphatic heterocycles. The number of likely N-dealkylation sites (N-methyl/N-ethyl adjacent to an activating group) is 1. The van der Waals surface area contributed by atoms with Gasteiger partial charge in [0.1, 0.15) is 0 Å². The molecule has 0 aliphatic carbocycles. The average molecular weight is 290 g/mol. The van der Waals surface area contributed by atoms with E-state index in [1.807, 2.05) is 25.2 Å². The highest BCUT2D eigenvalue weighted by atomic mass is 16.5. The molecule has 1 aromatic carbocycles. The quantitative estimate of drug-likeness (QED) is 0.830. The van der Waals surface area contributed by atoms with Crippen LogP contribution in [0.25, 0.3) is 0 Å². The third-order valence-corrected chi connectivity index (χ3v) is 5.05. The van der Waals surface area contributed by atoms with Gasteiger partial charge in [0.05, 0.1) is 24.4 Å². The van der Waals surface area contributed by atoms with Crippen molar-refractivity contribution >= 4 is 0 Å². The lowest BCUT2D eigenvalue weighted by molar-refractivity contribution is -0.0413. The Morgan fingerprint density at radius 1 is 1.24 bits per heavy atom. The second-order valence-corrected chi connectivity index (χ2v) is 6.32. The third-order valence-electron chi connectivity index (χ3n) is 5.05. The van der Waals surface area contributed by atoms with Gasteiger partial charge < -0.3 is 15.2 Å². The zero-order chi connectivity index (χ0) is 14.7. The van der Waals surface area contributed by atoms with Crippen molar-refractivity contribution in [3.8, 4) is 0 Å². The minimum Gasteiger partial charge on any atom is -0.394 e. The molecule has 0 aromatic heterocycles. The minimum atomic E-state index is -0.349. The van der Waals surface area contributed by atoms with Gasteiger partial charge in [0, 0.05) is 19.6 Å². The van der Waals surface area contributed by atoms with Crippen LogP contribution in [-0.2, 0) is 10.3 Å². The largest absolute Gasteiger partial charge is 0.394 e. The summed E-state index contributed by atoms with van der Waals surface area (Å²) in [7, 11) is 1.94. The van der Waals surface area contributed by atoms with Crippen molar-refractivity contribution in [1.29, 1.82) is 0 Å². The monoisotopic (exact) mass is 290 g/mol. The van der Waals surface area contributed by atoms with Crippen molar-refractivity contribution in [2.24, 2.45) is 0 Å². The van der Waals surface area contributed by atoms with Crippen molar-refractivity contribution in [1.82, 2.24) is 10.2 Å². The molecular formula is C17H26N2O2. The number of nitrogens with zero attached hydrogens (tertiary/aromatic N) is 1. The predicted molar refractivity (Wildman–Crippen MR) is 83.2 cm³/mol. The molecule has 2 saturated heterocycles. The lowest BCUT2D eigenvalue weighted by Gasteiger charge is -2.37. The van der Waals surface area contributed by atoms with Crippen LogP contribution in [0.2, 0.25) is 0 Å². The molecule has 21 heavy (non-hydrogen) atoms. The Hall–Kier alpha value is -0.940. The van der Waals surface area contributed by atoms with Crippen LogP contribution in [0.3, 0.4) is 0 Å². The summed E-state index contributed by atoms with van der Waals surface area (Å²) < 4.78 is 5.89. The molecule has 2 N–H and O–H groups in total. The van der Waals surface area contributed by atoms with Crippen molar-refractivity contribution in [2.45, 2.75) is 37.0 Å². The maximum absolute atomic E-state index is 9.97. The summed E-state index contributed by atoms with van der Waals surface area (Å²) in [5.41, 5.74) is 0.810. The second kappa shape index (κ2) is 6.44. The lowest BCUT2D eigenvalue weighted by atomic mass is 9.87. The first kappa shape index (κ1) is 15.0. The molecule has 4 nitrogen and oxygen atoms in total. The van der Waals surface area contributed by atoms with E-state index in [-0.39, 0.29) is 12.1 Å². The molecule has 3 rings (SSSR count). The van der Waals surface area contributed by atoms with Gasteiger partial charge in [0.15, 0.2) is 0 Å². The van der Waals surface area contributed by atoms with Gasteiger partial charge >= 0.3 is 0 Å². The minimum absolute atomic E-state index is 0.116. The number of nitrogens with one attached hydrogen (secondary N) is 1. The zero-order valence-electron chi connectivity index (χ0n) is 12.8. The highest BCUT2D eigenvalue weighted by Gasteiger charge is 2.35. The van der Waals surface area contributed by atoms with E-state index in [1.165, 1.54) is 12.8 Å². The van der Waals surface area contributed by atoms with Crippen LogP contribution in [0.15, 0.2) is 30.3 Å². The Kier molecular flexibility index (Phi) is 4.60. The molecule has 2 heterocycles. The number of aliphatic hydroxyl groups excluding tert-OH is 1. The summed E-state index contributed by atoms with van der Waals surface area (Å²) in [6, 6.07) is 10.3. The number of ether oxygens (including phenoxy) is 1. The first-order valence-electron chi connectivity index (χ1n) is 7.99. The number of rotatable bonds is 6. The van der Waals surface area contributed by atoms with E-state index in [0.717, 1.165) is 31.6 Å². The Morgan fingerprint density at radius 3 is 2.48 bits per heavy atom. The first-order valence-corrected chi connectivity index (χ1v) is 7.99. The smallest absolute Gasteiger partial charge is 0.0707 e. The molecule has 4 heteroatoms. The highest BCUT2D eigenvalue weighted by molar-refractivity contribution is 5.24. The molecule has 0 saturated carbocycles. The molecule has 1 aromatic rings. The van der Waals surface area contributed by atoms with Gasteiger partial charge in [-0.2, -0.15) is 0 Å². The molecule has 116 valence electrons. The van der Waals surface area contributed by atoms with Crippen LogP contribution in [-0.4, -0.2) is 55.5 Å². The maximum atomic E-state index is 9.97. The average Bonchev–Trinajstić information content (AvgIpc) is 2.88. The van der Waals surface area contributed by atoms with E-state index in [2.05, 4.69) is 22.3 Å². The van der Waals surface area contributed by atoms with Crippen LogP contribution in [0, 0.1) is 0 Å². The topological polar surface area (TPSA) is 44.7 Å². The summed E-state index contributed by atoms with van der Waals surface area (Å²) in [6.07, 6.45) is 4.18. The first-order chi connectivity index (χ1) is 10.3. The lowest BCUT2D eigenvalue weighted by Crippen LogP contribution is -2.49. The van der Waals surface area contributed by atoms with Crippen LogP contribution in [0.1, 0.15) is 24.8 Å². The molecule has 2 bridgehead atoms. The standard InChI is InChI=1S/C17H26N2O2/c1-18-17(13-20,14-5-3-2-4-6-14)9-10-19-11-15-7-8-16(12-19)21-15/h2-6,15-16,18,20H,7-13H2,1H3. The molecule has 0 radical (unpaired) electrons. The second-order valence-electron chi connectivity index (χ2n) is 6.32. The summed E-state index contributed by atoms with van der Waals surface area (Å²) in [5.74, 6) is 0. The number of likely N-dealkylation sites (tertiary alicyclic amines) is 1. The maximum Gasteiger partial charge on any atom is 0.0707 e. The molecule has 0 amide bonds. The van der Waals surface area contributed by atoms with E-state index in [9.17, 15) is 5.11 Å². The summed E-state index contributed by atoms with van der Waals surface area (Å²) in [5, 5.41) is 13.3. The van der Waals surface area contributed by atoms with Crippen LogP contribution in [0.5, 0.6) is 0 Å². The Labute approximate surface area is 127 Å². The molecular weight excluding hydrogens is 264 g/mol. The molecule has 2 aliphatic rings. The Balaban J connectivity index is 1.65. The van der Waals surface area contributed by atoms with Gasteiger partial charge in [-0.25, -0.2) is 0 Å². The van der Waals surface area contributed by atoms with Gasteiger partial charge in [-0.05, 0) is 31.9 Å². The SMILES string of the molecule is CNC(CO)(CCN1CC2CCC(C1)O2)c1ccccc1. The van der Waals surface area contributed by atoms with Crippen molar-refractivity contribution in [3.05, 3.63) is 35.9 Å². The summed E-state index contributed by atoms with van der Waals surface area (Å²) >= 11 is 0. The summed E-state index contributed by atoms with van der Waals surface area (Å²) in [4.78, 5) is 2.50. The van der Waals surface area contributed by atoms with Crippen LogP contribution in [0.4, 0.5) is 0 Å². The van der Waals surface area contributed by atoms with E-state index < -0.39 is 0 Å². The molecule has 2 fully saturated rings. The number of benzene rings is 1. The Bertz CT molecular complexity index is 435. The highest BCUT2D eigenvalue weighted by Crippen LogP contribution is 2.29. The normalized spacial score (nSPS) is 28.5. The zero-order valence-corrected chi connectivity index (χ0v) is 12.8. The van der Waals surface area contributed by atoms with E-state index >= 15 is 0 Å². The Morgan fingerprint density at radius 2 is 1.90 bits per heavy atom. The number of morpholine rings is 1. The number of aliphatic hydroxyl groups is 1. The van der Waals surface area contributed by atoms with E-state index in [4.69, 9.17) is 4.74 Å².